The SMILES string of the molecule is O=Cc1ccc(C(=O)N2CCc3ccccc32)cc1N=O. The highest BCUT2D eigenvalue weighted by atomic mass is 16.3. The number of amides is 1. The molecular formula is C16H12N2O3. The van der Waals surface area contributed by atoms with E-state index in [1.807, 2.05) is 24.3 Å². The van der Waals surface area contributed by atoms with Crippen LogP contribution in [0.4, 0.5) is 11.4 Å². The van der Waals surface area contributed by atoms with E-state index >= 15 is 0 Å². The van der Waals surface area contributed by atoms with Gasteiger partial charge in [-0.15, -0.1) is 4.91 Å². The number of para-hydroxylation sites is 1. The first-order valence-electron chi connectivity index (χ1n) is 6.57. The second-order valence-electron chi connectivity index (χ2n) is 4.82. The molecule has 1 aliphatic heterocycles. The van der Waals surface area contributed by atoms with Gasteiger partial charge < -0.3 is 4.90 Å². The molecule has 3 rings (SSSR count). The Bertz CT molecular complexity index is 740. The van der Waals surface area contributed by atoms with Gasteiger partial charge in [0, 0.05) is 23.4 Å². The highest BCUT2D eigenvalue weighted by Gasteiger charge is 2.25. The van der Waals surface area contributed by atoms with Crippen LogP contribution in [0.15, 0.2) is 47.6 Å². The number of benzene rings is 2. The lowest BCUT2D eigenvalue weighted by Gasteiger charge is -2.17. The van der Waals surface area contributed by atoms with Gasteiger partial charge in [-0.3, -0.25) is 9.59 Å². The van der Waals surface area contributed by atoms with Crippen LogP contribution in [-0.4, -0.2) is 18.7 Å². The third kappa shape index (κ3) is 2.23. The molecule has 2 aromatic rings. The molecule has 0 saturated heterocycles. The quantitative estimate of drug-likeness (QED) is 0.641. The largest absolute Gasteiger partial charge is 0.308 e. The normalized spacial score (nSPS) is 12.9. The van der Waals surface area contributed by atoms with Crippen molar-refractivity contribution in [3.05, 3.63) is 64.1 Å². The number of hydrogen-bond donors (Lipinski definition) is 0. The molecule has 0 spiro atoms. The Labute approximate surface area is 121 Å². The first-order valence-corrected chi connectivity index (χ1v) is 6.57. The van der Waals surface area contributed by atoms with E-state index in [1.54, 1.807) is 11.0 Å². The van der Waals surface area contributed by atoms with Crippen LogP contribution < -0.4 is 4.90 Å². The molecule has 0 N–H and O–H groups in total. The van der Waals surface area contributed by atoms with Crippen LogP contribution in [0.25, 0.3) is 0 Å². The van der Waals surface area contributed by atoms with Crippen LogP contribution in [0, 0.1) is 4.91 Å². The lowest BCUT2D eigenvalue weighted by molar-refractivity contribution is 0.0988. The summed E-state index contributed by atoms with van der Waals surface area (Å²) in [5.41, 5.74) is 2.55. The molecule has 1 heterocycles. The Morgan fingerprint density at radius 1 is 1.19 bits per heavy atom. The van der Waals surface area contributed by atoms with Crippen molar-refractivity contribution in [1.82, 2.24) is 0 Å². The van der Waals surface area contributed by atoms with Crippen LogP contribution in [0.5, 0.6) is 0 Å². The highest BCUT2D eigenvalue weighted by molar-refractivity contribution is 6.08. The van der Waals surface area contributed by atoms with Crippen molar-refractivity contribution >= 4 is 23.6 Å². The van der Waals surface area contributed by atoms with E-state index in [-0.39, 0.29) is 17.2 Å². The van der Waals surface area contributed by atoms with Gasteiger partial charge in [0.25, 0.3) is 5.91 Å². The summed E-state index contributed by atoms with van der Waals surface area (Å²) in [6.45, 7) is 0.609. The van der Waals surface area contributed by atoms with Gasteiger partial charge in [0.1, 0.15) is 5.69 Å². The second-order valence-corrected chi connectivity index (χ2v) is 4.82. The molecule has 1 amide bonds. The Morgan fingerprint density at radius 3 is 2.76 bits per heavy atom. The molecule has 0 saturated carbocycles. The minimum atomic E-state index is -0.192. The second kappa shape index (κ2) is 5.28. The summed E-state index contributed by atoms with van der Waals surface area (Å²) in [6, 6.07) is 12.1. The number of anilines is 1. The summed E-state index contributed by atoms with van der Waals surface area (Å²) < 4.78 is 0. The monoisotopic (exact) mass is 280 g/mol. The summed E-state index contributed by atoms with van der Waals surface area (Å²) >= 11 is 0. The number of fused-ring (bicyclic) bond motifs is 1. The maximum absolute atomic E-state index is 12.6. The van der Waals surface area contributed by atoms with Crippen LogP contribution in [0.3, 0.4) is 0 Å². The summed E-state index contributed by atoms with van der Waals surface area (Å²) in [6.07, 6.45) is 1.36. The van der Waals surface area contributed by atoms with Crippen molar-refractivity contribution in [3.63, 3.8) is 0 Å². The van der Waals surface area contributed by atoms with E-state index in [0.29, 0.717) is 18.4 Å². The number of nitroso groups, excluding NO2 is 1. The van der Waals surface area contributed by atoms with Crippen LogP contribution in [-0.2, 0) is 6.42 Å². The standard InChI is InChI=1S/C16H12N2O3/c19-10-13-6-5-12(9-14(13)17-21)16(20)18-8-7-11-3-1-2-4-15(11)18/h1-6,9-10H,7-8H2. The lowest BCUT2D eigenvalue weighted by Crippen LogP contribution is -2.28. The molecule has 2 aromatic carbocycles. The van der Waals surface area contributed by atoms with Gasteiger partial charge in [0.15, 0.2) is 6.29 Å². The molecule has 0 aromatic heterocycles. The van der Waals surface area contributed by atoms with Crippen LogP contribution in [0.2, 0.25) is 0 Å². The zero-order valence-corrected chi connectivity index (χ0v) is 11.2. The van der Waals surface area contributed by atoms with E-state index in [9.17, 15) is 14.5 Å². The molecule has 0 aliphatic carbocycles. The van der Waals surface area contributed by atoms with Gasteiger partial charge in [0.2, 0.25) is 0 Å². The Balaban J connectivity index is 1.97. The topological polar surface area (TPSA) is 66.8 Å². The minimum absolute atomic E-state index is 0.0108. The average Bonchev–Trinajstić information content (AvgIpc) is 2.97. The lowest BCUT2D eigenvalue weighted by atomic mass is 10.1. The van der Waals surface area contributed by atoms with E-state index < -0.39 is 0 Å². The van der Waals surface area contributed by atoms with Crippen molar-refractivity contribution in [3.8, 4) is 0 Å². The molecule has 0 unspecified atom stereocenters. The molecule has 1 aliphatic rings. The first kappa shape index (κ1) is 13.2. The third-order valence-corrected chi connectivity index (χ3v) is 3.64. The molecule has 5 heteroatoms. The summed E-state index contributed by atoms with van der Waals surface area (Å²) in [5, 5.41) is 2.80. The van der Waals surface area contributed by atoms with Crippen LogP contribution >= 0.6 is 0 Å². The molecule has 104 valence electrons. The van der Waals surface area contributed by atoms with Crippen molar-refractivity contribution in [1.29, 1.82) is 0 Å². The van der Waals surface area contributed by atoms with E-state index in [4.69, 9.17) is 0 Å². The number of rotatable bonds is 3. The Kier molecular flexibility index (Phi) is 3.31. The molecule has 0 atom stereocenters. The fraction of sp³-hybridized carbons (Fsp3) is 0.125. The highest BCUT2D eigenvalue weighted by Crippen LogP contribution is 2.29. The van der Waals surface area contributed by atoms with Crippen molar-refractivity contribution < 1.29 is 9.59 Å². The fourth-order valence-electron chi connectivity index (χ4n) is 2.56. The smallest absolute Gasteiger partial charge is 0.258 e. The van der Waals surface area contributed by atoms with Gasteiger partial charge in [-0.1, -0.05) is 18.2 Å². The van der Waals surface area contributed by atoms with Gasteiger partial charge in [-0.05, 0) is 41.4 Å². The number of hydrogen-bond acceptors (Lipinski definition) is 4. The van der Waals surface area contributed by atoms with Crippen molar-refractivity contribution in [2.75, 3.05) is 11.4 Å². The molecule has 0 radical (unpaired) electrons. The Hall–Kier alpha value is -2.82. The predicted molar refractivity (Wildman–Crippen MR) is 79.1 cm³/mol. The Morgan fingerprint density at radius 2 is 2.00 bits per heavy atom. The maximum Gasteiger partial charge on any atom is 0.258 e. The molecular weight excluding hydrogens is 268 g/mol. The minimum Gasteiger partial charge on any atom is -0.308 e. The molecule has 5 nitrogen and oxygen atoms in total. The number of carbonyl (C=O) groups excluding carboxylic acids is 2. The zero-order chi connectivity index (χ0) is 14.8. The van der Waals surface area contributed by atoms with Crippen molar-refractivity contribution in [2.24, 2.45) is 5.18 Å². The maximum atomic E-state index is 12.6. The average molecular weight is 280 g/mol. The molecule has 0 bridgehead atoms. The number of carbonyl (C=O) groups is 2. The van der Waals surface area contributed by atoms with Crippen LogP contribution in [0.1, 0.15) is 26.3 Å². The number of nitrogens with zero attached hydrogens (tertiary/aromatic N) is 2. The molecule has 0 fully saturated rings. The van der Waals surface area contributed by atoms with E-state index in [1.165, 1.54) is 12.1 Å². The number of aldehydes is 1. The zero-order valence-electron chi connectivity index (χ0n) is 11.2. The van der Waals surface area contributed by atoms with E-state index in [0.717, 1.165) is 17.7 Å². The predicted octanol–water partition coefficient (Wildman–Crippen LogP) is 3.10. The van der Waals surface area contributed by atoms with Gasteiger partial charge in [-0.2, -0.15) is 0 Å². The first-order chi connectivity index (χ1) is 10.2. The fourth-order valence-corrected chi connectivity index (χ4v) is 2.56. The summed E-state index contributed by atoms with van der Waals surface area (Å²) in [7, 11) is 0. The van der Waals surface area contributed by atoms with E-state index in [2.05, 4.69) is 5.18 Å². The third-order valence-electron chi connectivity index (χ3n) is 3.64. The van der Waals surface area contributed by atoms with Gasteiger partial charge in [-0.25, -0.2) is 0 Å². The van der Waals surface area contributed by atoms with Crippen molar-refractivity contribution in [2.45, 2.75) is 6.42 Å². The van der Waals surface area contributed by atoms with Gasteiger partial charge in [0.05, 0.1) is 0 Å². The van der Waals surface area contributed by atoms with Gasteiger partial charge >= 0.3 is 0 Å². The summed E-state index contributed by atoms with van der Waals surface area (Å²) in [4.78, 5) is 35.8. The summed E-state index contributed by atoms with van der Waals surface area (Å²) in [5.74, 6) is -0.192. The molecule has 21 heavy (non-hydrogen) atoms.